The van der Waals surface area contributed by atoms with E-state index < -0.39 is 5.92 Å². The molecule has 1 unspecified atom stereocenters. The van der Waals surface area contributed by atoms with Crippen LogP contribution in [0.3, 0.4) is 0 Å². The van der Waals surface area contributed by atoms with Gasteiger partial charge >= 0.3 is 0 Å². The molecule has 3 amide bonds. The Bertz CT molecular complexity index is 1170. The number of amides is 3. The Kier molecular flexibility index (Phi) is 6.79. The third-order valence-electron chi connectivity index (χ3n) is 5.57. The first-order valence-electron chi connectivity index (χ1n) is 10.9. The quantitative estimate of drug-likeness (QED) is 0.553. The van der Waals surface area contributed by atoms with Crippen LogP contribution in [0.2, 0.25) is 0 Å². The van der Waals surface area contributed by atoms with Crippen molar-refractivity contribution in [3.05, 3.63) is 64.7 Å². The molecule has 0 spiro atoms. The molecule has 0 radical (unpaired) electrons. The summed E-state index contributed by atoms with van der Waals surface area (Å²) >= 11 is 1.31. The van der Waals surface area contributed by atoms with Gasteiger partial charge < -0.3 is 10.2 Å². The zero-order chi connectivity index (χ0) is 23.4. The van der Waals surface area contributed by atoms with Crippen molar-refractivity contribution in [1.29, 1.82) is 0 Å². The second kappa shape index (κ2) is 9.91. The number of rotatable bonds is 7. The maximum absolute atomic E-state index is 13.0. The van der Waals surface area contributed by atoms with E-state index in [0.717, 1.165) is 23.5 Å². The molecule has 8 nitrogen and oxygen atoms in total. The van der Waals surface area contributed by atoms with Crippen LogP contribution in [0.1, 0.15) is 41.2 Å². The number of anilines is 3. The molecular weight excluding hydrogens is 438 g/mol. The highest BCUT2D eigenvalue weighted by atomic mass is 32.1. The molecule has 0 aliphatic carbocycles. The molecular formula is C24H25N5O3S. The number of nitrogens with one attached hydrogen (secondary N) is 2. The van der Waals surface area contributed by atoms with Crippen LogP contribution in [0.5, 0.6) is 0 Å². The Balaban J connectivity index is 1.44. The number of carbonyl (C=O) groups is 3. The zero-order valence-electron chi connectivity index (χ0n) is 18.5. The van der Waals surface area contributed by atoms with Gasteiger partial charge in [0, 0.05) is 18.7 Å². The second-order valence-electron chi connectivity index (χ2n) is 7.77. The normalized spacial score (nSPS) is 15.5. The van der Waals surface area contributed by atoms with E-state index in [-0.39, 0.29) is 24.1 Å². The van der Waals surface area contributed by atoms with Gasteiger partial charge in [0.1, 0.15) is 5.01 Å². The Morgan fingerprint density at radius 2 is 1.79 bits per heavy atom. The summed E-state index contributed by atoms with van der Waals surface area (Å²) in [4.78, 5) is 40.0. The van der Waals surface area contributed by atoms with Gasteiger partial charge in [0.2, 0.25) is 16.9 Å². The van der Waals surface area contributed by atoms with Gasteiger partial charge in [0.05, 0.1) is 17.2 Å². The number of aryl methyl sites for hydroxylation is 2. The number of benzene rings is 2. The first kappa shape index (κ1) is 22.6. The van der Waals surface area contributed by atoms with Crippen LogP contribution in [-0.4, -0.2) is 34.5 Å². The Labute approximate surface area is 196 Å². The second-order valence-corrected chi connectivity index (χ2v) is 8.83. The Hall–Kier alpha value is -3.59. The van der Waals surface area contributed by atoms with Crippen LogP contribution in [0, 0.1) is 5.92 Å². The van der Waals surface area contributed by atoms with Gasteiger partial charge in [0.15, 0.2) is 0 Å². The number of aromatic nitrogens is 2. The molecule has 3 aromatic rings. The van der Waals surface area contributed by atoms with E-state index in [1.54, 1.807) is 29.2 Å². The van der Waals surface area contributed by atoms with Gasteiger partial charge in [-0.2, -0.15) is 0 Å². The summed E-state index contributed by atoms with van der Waals surface area (Å²) in [6.07, 6.45) is 1.78. The SMILES string of the molecule is CCc1ccc(N2CC(C(=O)Nc3ccccc3C(=O)Nc3nnc(CC)s3)CC2=O)cc1. The van der Waals surface area contributed by atoms with Crippen LogP contribution in [0.4, 0.5) is 16.5 Å². The molecule has 1 aliphatic heterocycles. The molecule has 0 saturated carbocycles. The number of carbonyl (C=O) groups excluding carboxylic acids is 3. The topological polar surface area (TPSA) is 104 Å². The Morgan fingerprint density at radius 1 is 1.03 bits per heavy atom. The first-order valence-corrected chi connectivity index (χ1v) is 11.7. The van der Waals surface area contributed by atoms with E-state index in [2.05, 4.69) is 27.8 Å². The minimum Gasteiger partial charge on any atom is -0.325 e. The number of nitrogens with zero attached hydrogens (tertiary/aromatic N) is 3. The van der Waals surface area contributed by atoms with Crippen LogP contribution in [0.25, 0.3) is 0 Å². The Morgan fingerprint density at radius 3 is 2.48 bits per heavy atom. The van der Waals surface area contributed by atoms with Crippen LogP contribution < -0.4 is 15.5 Å². The lowest BCUT2D eigenvalue weighted by molar-refractivity contribution is -0.122. The predicted octanol–water partition coefficient (Wildman–Crippen LogP) is 3.91. The molecule has 170 valence electrons. The molecule has 4 rings (SSSR count). The maximum atomic E-state index is 13.0. The molecule has 33 heavy (non-hydrogen) atoms. The third-order valence-corrected chi connectivity index (χ3v) is 6.55. The molecule has 0 bridgehead atoms. The first-order chi connectivity index (χ1) is 16.0. The van der Waals surface area contributed by atoms with E-state index >= 15 is 0 Å². The summed E-state index contributed by atoms with van der Waals surface area (Å²) in [5, 5.41) is 14.8. The molecule has 9 heteroatoms. The van der Waals surface area contributed by atoms with E-state index in [1.165, 1.54) is 16.9 Å². The molecule has 1 aromatic heterocycles. The van der Waals surface area contributed by atoms with Gasteiger partial charge in [-0.1, -0.05) is 49.4 Å². The van der Waals surface area contributed by atoms with E-state index in [9.17, 15) is 14.4 Å². The molecule has 1 atom stereocenters. The van der Waals surface area contributed by atoms with E-state index in [4.69, 9.17) is 0 Å². The van der Waals surface area contributed by atoms with Gasteiger partial charge in [-0.15, -0.1) is 10.2 Å². The largest absolute Gasteiger partial charge is 0.325 e. The summed E-state index contributed by atoms with van der Waals surface area (Å²) in [5.74, 6) is -1.27. The highest BCUT2D eigenvalue weighted by Crippen LogP contribution is 2.27. The minimum absolute atomic E-state index is 0.0894. The summed E-state index contributed by atoms with van der Waals surface area (Å²) in [5.41, 5.74) is 2.68. The van der Waals surface area contributed by atoms with Crippen molar-refractivity contribution in [2.45, 2.75) is 33.1 Å². The van der Waals surface area contributed by atoms with Gasteiger partial charge in [0.25, 0.3) is 5.91 Å². The number of hydrogen-bond acceptors (Lipinski definition) is 6. The molecule has 2 heterocycles. The van der Waals surface area contributed by atoms with E-state index in [0.29, 0.717) is 22.9 Å². The van der Waals surface area contributed by atoms with Crippen molar-refractivity contribution >= 4 is 45.6 Å². The van der Waals surface area contributed by atoms with Crippen molar-refractivity contribution in [3.63, 3.8) is 0 Å². The average molecular weight is 464 g/mol. The standard InChI is InChI=1S/C24H25N5O3S/c1-3-15-9-11-17(12-10-15)29-14-16(13-21(29)30)22(31)25-19-8-6-5-7-18(19)23(32)26-24-28-27-20(4-2)33-24/h5-12,16H,3-4,13-14H2,1-2H3,(H,25,31)(H,26,28,32). The summed E-state index contributed by atoms with van der Waals surface area (Å²) in [7, 11) is 0. The highest BCUT2D eigenvalue weighted by molar-refractivity contribution is 7.15. The summed E-state index contributed by atoms with van der Waals surface area (Å²) in [6, 6.07) is 14.6. The summed E-state index contributed by atoms with van der Waals surface area (Å²) < 4.78 is 0. The van der Waals surface area contributed by atoms with Gasteiger partial charge in [-0.25, -0.2) is 0 Å². The van der Waals surface area contributed by atoms with Gasteiger partial charge in [-0.3, -0.25) is 19.7 Å². The number of para-hydroxylation sites is 1. The lowest BCUT2D eigenvalue weighted by Gasteiger charge is -2.17. The van der Waals surface area contributed by atoms with Crippen LogP contribution >= 0.6 is 11.3 Å². The lowest BCUT2D eigenvalue weighted by Crippen LogP contribution is -2.28. The van der Waals surface area contributed by atoms with Crippen molar-refractivity contribution in [2.75, 3.05) is 22.1 Å². The van der Waals surface area contributed by atoms with Crippen LogP contribution in [-0.2, 0) is 22.4 Å². The molecule has 2 aromatic carbocycles. The third kappa shape index (κ3) is 5.09. The fraction of sp³-hybridized carbons (Fsp3) is 0.292. The molecule has 1 fully saturated rings. The fourth-order valence-corrected chi connectivity index (χ4v) is 4.36. The molecule has 2 N–H and O–H groups in total. The fourth-order valence-electron chi connectivity index (χ4n) is 3.68. The highest BCUT2D eigenvalue weighted by Gasteiger charge is 2.35. The van der Waals surface area contributed by atoms with Crippen molar-refractivity contribution < 1.29 is 14.4 Å². The average Bonchev–Trinajstić information content (AvgIpc) is 3.45. The summed E-state index contributed by atoms with van der Waals surface area (Å²) in [6.45, 7) is 4.34. The van der Waals surface area contributed by atoms with Crippen molar-refractivity contribution in [2.24, 2.45) is 5.92 Å². The van der Waals surface area contributed by atoms with E-state index in [1.807, 2.05) is 31.2 Å². The van der Waals surface area contributed by atoms with Crippen molar-refractivity contribution in [1.82, 2.24) is 10.2 Å². The molecule has 1 aliphatic rings. The molecule has 1 saturated heterocycles. The zero-order valence-corrected chi connectivity index (χ0v) is 19.3. The lowest BCUT2D eigenvalue weighted by atomic mass is 10.1. The smallest absolute Gasteiger partial charge is 0.259 e. The maximum Gasteiger partial charge on any atom is 0.259 e. The van der Waals surface area contributed by atoms with Crippen LogP contribution in [0.15, 0.2) is 48.5 Å². The monoisotopic (exact) mass is 463 g/mol. The minimum atomic E-state index is -0.505. The number of hydrogen-bond donors (Lipinski definition) is 2. The van der Waals surface area contributed by atoms with Gasteiger partial charge in [-0.05, 0) is 42.7 Å². The predicted molar refractivity (Wildman–Crippen MR) is 129 cm³/mol. The van der Waals surface area contributed by atoms with Crippen molar-refractivity contribution in [3.8, 4) is 0 Å².